The lowest BCUT2D eigenvalue weighted by atomic mass is 10.2. The molecule has 0 aliphatic carbocycles. The Morgan fingerprint density at radius 2 is 1.86 bits per heavy atom. The average molecular weight is 313 g/mol. The van der Waals surface area contributed by atoms with Gasteiger partial charge in [-0.15, -0.1) is 0 Å². The predicted octanol–water partition coefficient (Wildman–Crippen LogP) is 1.69. The van der Waals surface area contributed by atoms with Crippen LogP contribution in [-0.2, 0) is 4.79 Å². The molecule has 0 spiro atoms. The minimum absolute atomic E-state index is 0.0298. The highest BCUT2D eigenvalue weighted by atomic mass is 35.5. The molecule has 0 aliphatic rings. The molecule has 0 heterocycles. The topological polar surface area (TPSA) is 69.6 Å². The van der Waals surface area contributed by atoms with Gasteiger partial charge in [-0.2, -0.15) is 0 Å². The van der Waals surface area contributed by atoms with Crippen molar-refractivity contribution in [3.63, 3.8) is 0 Å². The Hall–Kier alpha value is -1.59. The van der Waals surface area contributed by atoms with E-state index in [4.69, 9.17) is 16.7 Å². The molecule has 116 valence electrons. The lowest BCUT2D eigenvalue weighted by molar-refractivity contribution is -0.128. The molecule has 0 radical (unpaired) electrons. The molecule has 1 aromatic carbocycles. The quantitative estimate of drug-likeness (QED) is 0.718. The van der Waals surface area contributed by atoms with Crippen molar-refractivity contribution in [2.24, 2.45) is 0 Å². The summed E-state index contributed by atoms with van der Waals surface area (Å²) in [7, 11) is 1.70. The third-order valence-corrected chi connectivity index (χ3v) is 3.34. The number of unbranched alkanes of at least 4 members (excludes halogenated alkanes) is 2. The molecule has 0 atom stereocenters. The number of rotatable bonds is 8. The van der Waals surface area contributed by atoms with Crippen molar-refractivity contribution in [2.75, 3.05) is 26.7 Å². The second-order valence-corrected chi connectivity index (χ2v) is 5.23. The molecule has 6 heteroatoms. The summed E-state index contributed by atoms with van der Waals surface area (Å²) < 4.78 is 0. The summed E-state index contributed by atoms with van der Waals surface area (Å²) in [5.41, 5.74) is 0.470. The van der Waals surface area contributed by atoms with Crippen molar-refractivity contribution in [3.05, 3.63) is 34.9 Å². The monoisotopic (exact) mass is 312 g/mol. The van der Waals surface area contributed by atoms with Crippen LogP contribution in [0.15, 0.2) is 24.3 Å². The third kappa shape index (κ3) is 6.60. The van der Waals surface area contributed by atoms with E-state index in [0.717, 1.165) is 19.3 Å². The van der Waals surface area contributed by atoms with Crippen molar-refractivity contribution in [1.29, 1.82) is 0 Å². The van der Waals surface area contributed by atoms with Gasteiger partial charge in [0, 0.05) is 30.8 Å². The fourth-order valence-corrected chi connectivity index (χ4v) is 1.88. The third-order valence-electron chi connectivity index (χ3n) is 3.08. The summed E-state index contributed by atoms with van der Waals surface area (Å²) in [5.74, 6) is -0.435. The number of amides is 2. The maximum Gasteiger partial charge on any atom is 0.251 e. The van der Waals surface area contributed by atoms with Crippen LogP contribution >= 0.6 is 11.6 Å². The molecular weight excluding hydrogens is 292 g/mol. The largest absolute Gasteiger partial charge is 0.396 e. The molecule has 0 aliphatic heterocycles. The highest BCUT2D eigenvalue weighted by molar-refractivity contribution is 6.30. The van der Waals surface area contributed by atoms with E-state index in [1.807, 2.05) is 0 Å². The van der Waals surface area contributed by atoms with Crippen LogP contribution in [0.25, 0.3) is 0 Å². The predicted molar refractivity (Wildman–Crippen MR) is 82.4 cm³/mol. The molecule has 21 heavy (non-hydrogen) atoms. The van der Waals surface area contributed by atoms with Crippen molar-refractivity contribution < 1.29 is 14.7 Å². The van der Waals surface area contributed by atoms with Gasteiger partial charge in [-0.05, 0) is 43.5 Å². The molecule has 0 unspecified atom stereocenters. The number of carbonyl (C=O) groups is 2. The first-order valence-corrected chi connectivity index (χ1v) is 7.31. The SMILES string of the molecule is CN(CCCCCO)C(=O)CNC(=O)c1ccc(Cl)cc1. The van der Waals surface area contributed by atoms with E-state index in [1.165, 1.54) is 0 Å². The molecule has 0 bridgehead atoms. The number of nitrogens with zero attached hydrogens (tertiary/aromatic N) is 1. The summed E-state index contributed by atoms with van der Waals surface area (Å²) in [6.45, 7) is 0.766. The maximum absolute atomic E-state index is 11.8. The van der Waals surface area contributed by atoms with Gasteiger partial charge in [0.1, 0.15) is 0 Å². The number of halogens is 1. The van der Waals surface area contributed by atoms with E-state index in [2.05, 4.69) is 5.32 Å². The zero-order valence-corrected chi connectivity index (χ0v) is 12.9. The number of nitrogens with one attached hydrogen (secondary N) is 1. The summed E-state index contributed by atoms with van der Waals surface area (Å²) in [4.78, 5) is 25.2. The van der Waals surface area contributed by atoms with Gasteiger partial charge >= 0.3 is 0 Å². The lowest BCUT2D eigenvalue weighted by Crippen LogP contribution is -2.38. The van der Waals surface area contributed by atoms with Crippen LogP contribution in [-0.4, -0.2) is 48.6 Å². The average Bonchev–Trinajstić information content (AvgIpc) is 2.49. The van der Waals surface area contributed by atoms with Gasteiger partial charge < -0.3 is 15.3 Å². The molecule has 1 aromatic rings. The maximum atomic E-state index is 11.8. The van der Waals surface area contributed by atoms with Gasteiger partial charge in [0.05, 0.1) is 6.54 Å². The normalized spacial score (nSPS) is 10.2. The van der Waals surface area contributed by atoms with Gasteiger partial charge in [-0.3, -0.25) is 9.59 Å². The summed E-state index contributed by atoms with van der Waals surface area (Å²) in [5, 5.41) is 11.8. The lowest BCUT2D eigenvalue weighted by Gasteiger charge is -2.17. The Morgan fingerprint density at radius 1 is 1.19 bits per heavy atom. The van der Waals surface area contributed by atoms with Crippen LogP contribution in [0.2, 0.25) is 5.02 Å². The van der Waals surface area contributed by atoms with Gasteiger partial charge in [-0.25, -0.2) is 0 Å². The second kappa shape index (κ2) is 9.37. The first-order chi connectivity index (χ1) is 10.0. The van der Waals surface area contributed by atoms with Crippen molar-refractivity contribution in [2.45, 2.75) is 19.3 Å². The highest BCUT2D eigenvalue weighted by Crippen LogP contribution is 2.09. The zero-order valence-electron chi connectivity index (χ0n) is 12.1. The fourth-order valence-electron chi connectivity index (χ4n) is 1.76. The molecule has 1 rings (SSSR count). The van der Waals surface area contributed by atoms with Gasteiger partial charge in [0.25, 0.3) is 5.91 Å². The minimum atomic E-state index is -0.298. The summed E-state index contributed by atoms with van der Waals surface area (Å²) >= 11 is 5.75. The Labute approximate surface area is 129 Å². The molecule has 0 saturated heterocycles. The smallest absolute Gasteiger partial charge is 0.251 e. The van der Waals surface area contributed by atoms with E-state index in [-0.39, 0.29) is 25.0 Å². The van der Waals surface area contributed by atoms with Crippen LogP contribution < -0.4 is 5.32 Å². The fraction of sp³-hybridized carbons (Fsp3) is 0.467. The number of aliphatic hydroxyl groups is 1. The Morgan fingerprint density at radius 3 is 2.48 bits per heavy atom. The number of hydrogen-bond donors (Lipinski definition) is 2. The minimum Gasteiger partial charge on any atom is -0.396 e. The van der Waals surface area contributed by atoms with Crippen molar-refractivity contribution in [3.8, 4) is 0 Å². The zero-order chi connectivity index (χ0) is 15.7. The van der Waals surface area contributed by atoms with Gasteiger partial charge in [0.2, 0.25) is 5.91 Å². The highest BCUT2D eigenvalue weighted by Gasteiger charge is 2.11. The molecule has 0 aromatic heterocycles. The number of carbonyl (C=O) groups excluding carboxylic acids is 2. The van der Waals surface area contributed by atoms with E-state index in [0.29, 0.717) is 17.1 Å². The Kier molecular flexibility index (Phi) is 7.79. The second-order valence-electron chi connectivity index (χ2n) is 4.79. The van der Waals surface area contributed by atoms with E-state index in [1.54, 1.807) is 36.2 Å². The molecule has 5 nitrogen and oxygen atoms in total. The van der Waals surface area contributed by atoms with Crippen LogP contribution in [0.3, 0.4) is 0 Å². The van der Waals surface area contributed by atoms with Crippen LogP contribution in [0.5, 0.6) is 0 Å². The Bertz CT molecular complexity index is 462. The van der Waals surface area contributed by atoms with Gasteiger partial charge in [-0.1, -0.05) is 11.6 Å². The van der Waals surface area contributed by atoms with Crippen molar-refractivity contribution in [1.82, 2.24) is 10.2 Å². The van der Waals surface area contributed by atoms with Crippen LogP contribution in [0.4, 0.5) is 0 Å². The van der Waals surface area contributed by atoms with Crippen LogP contribution in [0, 0.1) is 0 Å². The number of benzene rings is 1. The van der Waals surface area contributed by atoms with Gasteiger partial charge in [0.15, 0.2) is 0 Å². The van der Waals surface area contributed by atoms with Crippen LogP contribution in [0.1, 0.15) is 29.6 Å². The standard InChI is InChI=1S/C15H21ClN2O3/c1-18(9-3-2-4-10-19)14(20)11-17-15(21)12-5-7-13(16)8-6-12/h5-8,19H,2-4,9-11H2,1H3,(H,17,21). The molecule has 0 fully saturated rings. The molecule has 0 saturated carbocycles. The number of hydrogen-bond acceptors (Lipinski definition) is 3. The number of likely N-dealkylation sites (N-methyl/N-ethyl adjacent to an activating group) is 1. The molecule has 2 N–H and O–H groups in total. The first kappa shape index (κ1) is 17.5. The van der Waals surface area contributed by atoms with E-state index >= 15 is 0 Å². The summed E-state index contributed by atoms with van der Waals surface area (Å²) in [6.07, 6.45) is 2.47. The number of aliphatic hydroxyl groups excluding tert-OH is 1. The molecule has 2 amide bonds. The van der Waals surface area contributed by atoms with E-state index < -0.39 is 0 Å². The van der Waals surface area contributed by atoms with E-state index in [9.17, 15) is 9.59 Å². The molecular formula is C15H21ClN2O3. The first-order valence-electron chi connectivity index (χ1n) is 6.93. The van der Waals surface area contributed by atoms with Crippen molar-refractivity contribution >= 4 is 23.4 Å². The summed E-state index contributed by atoms with van der Waals surface area (Å²) in [6, 6.07) is 6.48. The Balaban J connectivity index is 2.31.